The maximum atomic E-state index is 9.01. The topological polar surface area (TPSA) is 62.0 Å². The zero-order chi connectivity index (χ0) is 16.2. The third-order valence-corrected chi connectivity index (χ3v) is 2.75. The van der Waals surface area contributed by atoms with Crippen molar-refractivity contribution in [3.8, 4) is 0 Å². The van der Waals surface area contributed by atoms with Gasteiger partial charge in [-0.05, 0) is 36.9 Å². The molecule has 2 aromatic carbocycles. The fraction of sp³-hybridized carbons (Fsp3) is 0.111. The van der Waals surface area contributed by atoms with Crippen LogP contribution in [-0.4, -0.2) is 17.7 Å². The van der Waals surface area contributed by atoms with Gasteiger partial charge >= 0.3 is 0 Å². The van der Waals surface area contributed by atoms with Crippen LogP contribution in [0.1, 0.15) is 6.92 Å². The SMILES string of the molecule is C/C=c1/c(N=Nc2ccccc2)ccc/c1=C/CO.C=C=O. The van der Waals surface area contributed by atoms with Crippen molar-refractivity contribution in [2.24, 2.45) is 10.2 Å². The van der Waals surface area contributed by atoms with Crippen LogP contribution in [0.4, 0.5) is 11.4 Å². The molecule has 0 saturated carbocycles. The van der Waals surface area contributed by atoms with Gasteiger partial charge in [-0.15, -0.1) is 5.11 Å². The van der Waals surface area contributed by atoms with E-state index in [9.17, 15) is 0 Å². The summed E-state index contributed by atoms with van der Waals surface area (Å²) in [6.07, 6.45) is 3.73. The highest BCUT2D eigenvalue weighted by Gasteiger charge is 1.94. The zero-order valence-electron chi connectivity index (χ0n) is 12.4. The summed E-state index contributed by atoms with van der Waals surface area (Å²) in [6, 6.07) is 15.4. The van der Waals surface area contributed by atoms with Crippen LogP contribution >= 0.6 is 0 Å². The van der Waals surface area contributed by atoms with Crippen molar-refractivity contribution in [1.29, 1.82) is 0 Å². The van der Waals surface area contributed by atoms with Gasteiger partial charge in [-0.3, -0.25) is 0 Å². The molecule has 22 heavy (non-hydrogen) atoms. The van der Waals surface area contributed by atoms with Gasteiger partial charge in [0.15, 0.2) is 0 Å². The van der Waals surface area contributed by atoms with E-state index in [1.54, 1.807) is 6.08 Å². The molecule has 4 heteroatoms. The second-order valence-electron chi connectivity index (χ2n) is 4.14. The van der Waals surface area contributed by atoms with Gasteiger partial charge in [0.25, 0.3) is 0 Å². The first-order chi connectivity index (χ1) is 10.8. The van der Waals surface area contributed by atoms with Crippen LogP contribution in [0.5, 0.6) is 0 Å². The van der Waals surface area contributed by atoms with Gasteiger partial charge in [0.05, 0.1) is 18.0 Å². The largest absolute Gasteiger partial charge is 0.392 e. The Morgan fingerprint density at radius 1 is 1.14 bits per heavy atom. The van der Waals surface area contributed by atoms with Gasteiger partial charge in [0, 0.05) is 5.22 Å². The highest BCUT2D eigenvalue weighted by molar-refractivity contribution is 5.47. The molecule has 0 saturated heterocycles. The first-order valence-corrected chi connectivity index (χ1v) is 6.74. The van der Waals surface area contributed by atoms with Crippen molar-refractivity contribution in [3.05, 3.63) is 65.5 Å². The molecule has 0 amide bonds. The highest BCUT2D eigenvalue weighted by atomic mass is 16.2. The maximum absolute atomic E-state index is 9.01. The van der Waals surface area contributed by atoms with Crippen LogP contribution in [0.25, 0.3) is 12.2 Å². The number of nitrogens with zero attached hydrogens (tertiary/aromatic N) is 2. The van der Waals surface area contributed by atoms with E-state index in [2.05, 4.69) is 16.8 Å². The van der Waals surface area contributed by atoms with Crippen molar-refractivity contribution in [3.63, 3.8) is 0 Å². The molecule has 0 aromatic heterocycles. The lowest BCUT2D eigenvalue weighted by atomic mass is 10.2. The average Bonchev–Trinajstić information content (AvgIpc) is 2.55. The summed E-state index contributed by atoms with van der Waals surface area (Å²) < 4.78 is 0. The third-order valence-electron chi connectivity index (χ3n) is 2.75. The molecule has 1 N–H and O–H groups in total. The molecular weight excluding hydrogens is 276 g/mol. The van der Waals surface area contributed by atoms with Crippen LogP contribution in [0.3, 0.4) is 0 Å². The fourth-order valence-corrected chi connectivity index (χ4v) is 1.85. The maximum Gasteiger partial charge on any atom is 0.116 e. The molecule has 4 nitrogen and oxygen atoms in total. The van der Waals surface area contributed by atoms with E-state index in [1.807, 2.05) is 61.5 Å². The number of benzene rings is 2. The van der Waals surface area contributed by atoms with Crippen molar-refractivity contribution in [2.45, 2.75) is 6.92 Å². The standard InChI is InChI=1S/C16H16N2O.C2H2O/c1-2-15-13(11-12-19)7-6-10-16(15)18-17-14-8-4-3-5-9-14;1-2-3/h2-11,19H,12H2,1H3;1H2/b13-11-,15-2+,18-17?;. The molecule has 0 heterocycles. The molecular formula is C18H18N2O2. The Morgan fingerprint density at radius 2 is 1.82 bits per heavy atom. The number of carbonyl (C=O) groups excluding carboxylic acids is 1. The van der Waals surface area contributed by atoms with Gasteiger partial charge < -0.3 is 5.11 Å². The fourth-order valence-electron chi connectivity index (χ4n) is 1.85. The van der Waals surface area contributed by atoms with E-state index >= 15 is 0 Å². The van der Waals surface area contributed by atoms with Crippen LogP contribution < -0.4 is 10.4 Å². The lowest BCUT2D eigenvalue weighted by molar-refractivity contribution is 0.355. The molecule has 0 unspecified atom stereocenters. The minimum Gasteiger partial charge on any atom is -0.392 e. The molecule has 0 fully saturated rings. The predicted molar refractivity (Wildman–Crippen MR) is 89.3 cm³/mol. The molecule has 0 radical (unpaired) electrons. The molecule has 0 bridgehead atoms. The molecule has 0 spiro atoms. The minimum atomic E-state index is 0.0140. The van der Waals surface area contributed by atoms with Crippen LogP contribution in [0.15, 0.2) is 65.3 Å². The summed E-state index contributed by atoms with van der Waals surface area (Å²) in [7, 11) is 0. The number of rotatable bonds is 3. The van der Waals surface area contributed by atoms with Crippen molar-refractivity contribution in [2.75, 3.05) is 6.61 Å². The van der Waals surface area contributed by atoms with Gasteiger partial charge in [0.2, 0.25) is 0 Å². The van der Waals surface area contributed by atoms with Crippen molar-refractivity contribution < 1.29 is 9.90 Å². The Labute approximate surface area is 129 Å². The van der Waals surface area contributed by atoms with Crippen LogP contribution in [0.2, 0.25) is 0 Å². The van der Waals surface area contributed by atoms with Crippen LogP contribution in [0, 0.1) is 0 Å². The number of hydrogen-bond acceptors (Lipinski definition) is 4. The van der Waals surface area contributed by atoms with Gasteiger partial charge in [-0.1, -0.05) is 42.5 Å². The van der Waals surface area contributed by atoms with E-state index in [0.717, 1.165) is 21.8 Å². The summed E-state index contributed by atoms with van der Waals surface area (Å²) in [5.74, 6) is 1.25. The molecule has 112 valence electrons. The van der Waals surface area contributed by atoms with E-state index < -0.39 is 0 Å². The van der Waals surface area contributed by atoms with E-state index in [1.165, 1.54) is 5.94 Å². The number of hydrogen-bond donors (Lipinski definition) is 1. The number of aliphatic hydroxyl groups excluding tert-OH is 1. The first-order valence-electron chi connectivity index (χ1n) is 6.74. The van der Waals surface area contributed by atoms with Gasteiger partial charge in [0.1, 0.15) is 5.94 Å². The molecule has 2 aromatic rings. The Morgan fingerprint density at radius 3 is 2.41 bits per heavy atom. The summed E-state index contributed by atoms with van der Waals surface area (Å²) in [6.45, 7) is 4.64. The highest BCUT2D eigenvalue weighted by Crippen LogP contribution is 2.13. The predicted octanol–water partition coefficient (Wildman–Crippen LogP) is 2.68. The Hall–Kier alpha value is -2.81. The summed E-state index contributed by atoms with van der Waals surface area (Å²) >= 11 is 0. The van der Waals surface area contributed by atoms with Crippen LogP contribution in [-0.2, 0) is 4.79 Å². The average molecular weight is 294 g/mol. The second-order valence-corrected chi connectivity index (χ2v) is 4.14. The van der Waals surface area contributed by atoms with Gasteiger partial charge in [-0.25, -0.2) is 4.79 Å². The molecule has 0 aliphatic carbocycles. The lowest BCUT2D eigenvalue weighted by Gasteiger charge is -1.96. The summed E-state index contributed by atoms with van der Waals surface area (Å²) in [5, 5.41) is 19.5. The smallest absolute Gasteiger partial charge is 0.116 e. The molecule has 0 atom stereocenters. The Bertz CT molecular complexity index is 759. The summed E-state index contributed by atoms with van der Waals surface area (Å²) in [4.78, 5) is 8.57. The summed E-state index contributed by atoms with van der Waals surface area (Å²) in [5.41, 5.74) is 1.62. The number of azo groups is 1. The van der Waals surface area contributed by atoms with Crippen molar-refractivity contribution >= 4 is 29.5 Å². The molecule has 2 rings (SSSR count). The monoisotopic (exact) mass is 294 g/mol. The van der Waals surface area contributed by atoms with Gasteiger partial charge in [-0.2, -0.15) is 5.11 Å². The third kappa shape index (κ3) is 5.29. The molecule has 0 aliphatic heterocycles. The quantitative estimate of drug-likeness (QED) is 0.699. The lowest BCUT2D eigenvalue weighted by Crippen LogP contribution is -2.24. The Balaban J connectivity index is 0.000000745. The van der Waals surface area contributed by atoms with E-state index in [-0.39, 0.29) is 6.61 Å². The van der Waals surface area contributed by atoms with E-state index in [4.69, 9.17) is 9.90 Å². The minimum absolute atomic E-state index is 0.0140. The zero-order valence-corrected chi connectivity index (χ0v) is 12.4. The first kappa shape index (κ1) is 17.2. The molecule has 0 aliphatic rings. The normalized spacial score (nSPS) is 11.9. The van der Waals surface area contributed by atoms with E-state index in [0.29, 0.717) is 0 Å². The van der Waals surface area contributed by atoms with Crippen molar-refractivity contribution in [1.82, 2.24) is 0 Å². The Kier molecular flexibility index (Phi) is 7.83. The number of aliphatic hydroxyl groups is 1. The second kappa shape index (κ2) is 10.00.